The molecule has 0 amide bonds. The van der Waals surface area contributed by atoms with E-state index in [2.05, 4.69) is 28.7 Å². The monoisotopic (exact) mass is 252 g/mol. The fourth-order valence-electron chi connectivity index (χ4n) is 1.42. The van der Waals surface area contributed by atoms with Crippen LogP contribution in [0.2, 0.25) is 5.15 Å². The van der Waals surface area contributed by atoms with E-state index in [0.29, 0.717) is 5.15 Å². The van der Waals surface area contributed by atoms with Crippen molar-refractivity contribution in [3.05, 3.63) is 50.9 Å². The zero-order chi connectivity index (χ0) is 11.4. The molecular formula is C12H13ClN2S. The minimum Gasteiger partial charge on any atom is -0.308 e. The van der Waals surface area contributed by atoms with Crippen LogP contribution in [0.3, 0.4) is 0 Å². The van der Waals surface area contributed by atoms with Gasteiger partial charge in [0, 0.05) is 24.2 Å². The molecule has 2 heterocycles. The van der Waals surface area contributed by atoms with Gasteiger partial charge in [-0.1, -0.05) is 17.7 Å². The van der Waals surface area contributed by atoms with Crippen LogP contribution in [0.15, 0.2) is 29.8 Å². The van der Waals surface area contributed by atoms with Gasteiger partial charge < -0.3 is 5.32 Å². The topological polar surface area (TPSA) is 24.9 Å². The van der Waals surface area contributed by atoms with Gasteiger partial charge in [0.2, 0.25) is 0 Å². The second kappa shape index (κ2) is 5.43. The van der Waals surface area contributed by atoms with E-state index in [1.54, 1.807) is 17.5 Å². The van der Waals surface area contributed by atoms with Crippen molar-refractivity contribution in [2.24, 2.45) is 0 Å². The van der Waals surface area contributed by atoms with Gasteiger partial charge in [-0.05, 0) is 35.6 Å². The molecule has 84 valence electrons. The molecule has 2 nitrogen and oxygen atoms in total. The molecule has 0 aliphatic heterocycles. The average molecular weight is 253 g/mol. The van der Waals surface area contributed by atoms with Crippen molar-refractivity contribution in [3.8, 4) is 0 Å². The highest BCUT2D eigenvalue weighted by Gasteiger charge is 1.99. The van der Waals surface area contributed by atoms with Gasteiger partial charge in [0.1, 0.15) is 5.15 Å². The lowest BCUT2D eigenvalue weighted by Gasteiger charge is -2.04. The highest BCUT2D eigenvalue weighted by Crippen LogP contribution is 2.15. The smallest absolute Gasteiger partial charge is 0.129 e. The summed E-state index contributed by atoms with van der Waals surface area (Å²) in [6.45, 7) is 3.87. The molecule has 0 atom stereocenters. The summed E-state index contributed by atoms with van der Waals surface area (Å²) in [7, 11) is 0. The lowest BCUT2D eigenvalue weighted by molar-refractivity contribution is 0.697. The van der Waals surface area contributed by atoms with Crippen molar-refractivity contribution in [2.45, 2.75) is 20.0 Å². The highest BCUT2D eigenvalue weighted by atomic mass is 35.5. The maximum atomic E-state index is 5.72. The lowest BCUT2D eigenvalue weighted by Crippen LogP contribution is -2.12. The summed E-state index contributed by atoms with van der Waals surface area (Å²) in [5, 5.41) is 6.05. The van der Waals surface area contributed by atoms with E-state index in [0.717, 1.165) is 18.7 Å². The van der Waals surface area contributed by atoms with Crippen molar-refractivity contribution >= 4 is 22.9 Å². The maximum Gasteiger partial charge on any atom is 0.129 e. The molecular weight excluding hydrogens is 240 g/mol. The number of aryl methyl sites for hydroxylation is 1. The van der Waals surface area contributed by atoms with Crippen LogP contribution >= 0.6 is 22.9 Å². The van der Waals surface area contributed by atoms with Crippen molar-refractivity contribution in [3.63, 3.8) is 0 Å². The van der Waals surface area contributed by atoms with Crippen molar-refractivity contribution in [1.82, 2.24) is 10.3 Å². The summed E-state index contributed by atoms with van der Waals surface area (Å²) in [5.74, 6) is 0. The van der Waals surface area contributed by atoms with Gasteiger partial charge in [-0.3, -0.25) is 0 Å². The molecule has 0 saturated heterocycles. The molecule has 2 aromatic heterocycles. The van der Waals surface area contributed by atoms with Crippen LogP contribution < -0.4 is 5.32 Å². The van der Waals surface area contributed by atoms with E-state index < -0.39 is 0 Å². The predicted octanol–water partition coefficient (Wildman–Crippen LogP) is 3.39. The fraction of sp³-hybridized carbons (Fsp3) is 0.250. The molecule has 16 heavy (non-hydrogen) atoms. The van der Waals surface area contributed by atoms with Gasteiger partial charge in [0.25, 0.3) is 0 Å². The highest BCUT2D eigenvalue weighted by molar-refractivity contribution is 7.10. The SMILES string of the molecule is Cc1ccsc1CNCc1ccc(Cl)nc1. The zero-order valence-electron chi connectivity index (χ0n) is 9.03. The van der Waals surface area contributed by atoms with Crippen LogP contribution in [-0.4, -0.2) is 4.98 Å². The van der Waals surface area contributed by atoms with Crippen LogP contribution in [0.1, 0.15) is 16.0 Å². The molecule has 0 spiro atoms. The van der Waals surface area contributed by atoms with Crippen molar-refractivity contribution in [1.29, 1.82) is 0 Å². The largest absolute Gasteiger partial charge is 0.308 e. The van der Waals surface area contributed by atoms with E-state index in [1.807, 2.05) is 12.1 Å². The second-order valence-corrected chi connectivity index (χ2v) is 5.01. The molecule has 2 aromatic rings. The van der Waals surface area contributed by atoms with Gasteiger partial charge in [-0.15, -0.1) is 11.3 Å². The van der Waals surface area contributed by atoms with E-state index in [-0.39, 0.29) is 0 Å². The Labute approximate surface area is 104 Å². The Morgan fingerprint density at radius 1 is 1.31 bits per heavy atom. The summed E-state index contributed by atoms with van der Waals surface area (Å²) >= 11 is 7.51. The van der Waals surface area contributed by atoms with E-state index >= 15 is 0 Å². The number of hydrogen-bond acceptors (Lipinski definition) is 3. The first-order valence-electron chi connectivity index (χ1n) is 5.10. The Morgan fingerprint density at radius 3 is 2.81 bits per heavy atom. The summed E-state index contributed by atoms with van der Waals surface area (Å²) < 4.78 is 0. The number of aromatic nitrogens is 1. The Hall–Kier alpha value is -0.900. The summed E-state index contributed by atoms with van der Waals surface area (Å²) in [6, 6.07) is 5.95. The molecule has 0 radical (unpaired) electrons. The van der Waals surface area contributed by atoms with Crippen LogP contribution in [0.5, 0.6) is 0 Å². The van der Waals surface area contributed by atoms with Gasteiger partial charge in [0.15, 0.2) is 0 Å². The second-order valence-electron chi connectivity index (χ2n) is 3.62. The molecule has 1 N–H and O–H groups in total. The molecule has 0 fully saturated rings. The Morgan fingerprint density at radius 2 is 2.19 bits per heavy atom. The molecule has 0 aromatic carbocycles. The van der Waals surface area contributed by atoms with E-state index in [4.69, 9.17) is 11.6 Å². The molecule has 0 unspecified atom stereocenters. The number of pyridine rings is 1. The third-order valence-electron chi connectivity index (χ3n) is 2.37. The standard InChI is InChI=1S/C12H13ClN2S/c1-9-4-5-16-11(9)8-14-6-10-2-3-12(13)15-7-10/h2-5,7,14H,6,8H2,1H3. The molecule has 2 rings (SSSR count). The van der Waals surface area contributed by atoms with Gasteiger partial charge in [-0.2, -0.15) is 0 Å². The third kappa shape index (κ3) is 3.04. The van der Waals surface area contributed by atoms with Gasteiger partial charge in [-0.25, -0.2) is 4.98 Å². The minimum atomic E-state index is 0.540. The van der Waals surface area contributed by atoms with Crippen LogP contribution in [0.4, 0.5) is 0 Å². The predicted molar refractivity (Wildman–Crippen MR) is 68.8 cm³/mol. The Balaban J connectivity index is 1.84. The van der Waals surface area contributed by atoms with Crippen LogP contribution in [-0.2, 0) is 13.1 Å². The summed E-state index contributed by atoms with van der Waals surface area (Å²) in [6.07, 6.45) is 1.80. The summed E-state index contributed by atoms with van der Waals surface area (Å²) in [4.78, 5) is 5.43. The number of nitrogens with zero attached hydrogens (tertiary/aromatic N) is 1. The molecule has 0 aliphatic rings. The van der Waals surface area contributed by atoms with E-state index in [1.165, 1.54) is 10.4 Å². The molecule has 0 saturated carbocycles. The Bertz CT molecular complexity index is 450. The van der Waals surface area contributed by atoms with Crippen molar-refractivity contribution < 1.29 is 0 Å². The number of nitrogens with one attached hydrogen (secondary N) is 1. The zero-order valence-corrected chi connectivity index (χ0v) is 10.6. The quantitative estimate of drug-likeness (QED) is 0.844. The number of thiophene rings is 1. The summed E-state index contributed by atoms with van der Waals surface area (Å²) in [5.41, 5.74) is 2.50. The minimum absolute atomic E-state index is 0.540. The first-order chi connectivity index (χ1) is 7.75. The maximum absolute atomic E-state index is 5.72. The van der Waals surface area contributed by atoms with E-state index in [9.17, 15) is 0 Å². The van der Waals surface area contributed by atoms with Crippen LogP contribution in [0.25, 0.3) is 0 Å². The first kappa shape index (κ1) is 11.6. The Kier molecular flexibility index (Phi) is 3.93. The lowest BCUT2D eigenvalue weighted by atomic mass is 10.2. The number of hydrogen-bond donors (Lipinski definition) is 1. The molecule has 0 aliphatic carbocycles. The van der Waals surface area contributed by atoms with Crippen LogP contribution in [0, 0.1) is 6.92 Å². The third-order valence-corrected chi connectivity index (χ3v) is 3.62. The normalized spacial score (nSPS) is 10.6. The van der Waals surface area contributed by atoms with Gasteiger partial charge >= 0.3 is 0 Å². The fourth-order valence-corrected chi connectivity index (χ4v) is 2.40. The first-order valence-corrected chi connectivity index (χ1v) is 6.35. The number of rotatable bonds is 4. The molecule has 0 bridgehead atoms. The molecule has 4 heteroatoms. The van der Waals surface area contributed by atoms with Gasteiger partial charge in [0.05, 0.1) is 0 Å². The number of halogens is 1. The average Bonchev–Trinajstić information content (AvgIpc) is 2.68. The van der Waals surface area contributed by atoms with Crippen molar-refractivity contribution in [2.75, 3.05) is 0 Å².